The first-order valence-corrected chi connectivity index (χ1v) is 15.4. The monoisotopic (exact) mass is 686 g/mol. The topological polar surface area (TPSA) is 128 Å². The molecule has 3 aliphatic heterocycles. The van der Waals surface area contributed by atoms with Crippen LogP contribution in [0.15, 0.2) is 40.0 Å². The normalized spacial score (nSPS) is 23.3. The summed E-state index contributed by atoms with van der Waals surface area (Å²) in [7, 11) is 1.11. The molecular weight excluding hydrogens is 656 g/mol. The van der Waals surface area contributed by atoms with E-state index in [4.69, 9.17) is 16.3 Å². The fraction of sp³-hybridized carbons (Fsp3) is 0.483. The highest BCUT2D eigenvalue weighted by atomic mass is 35.5. The number of hydrazine groups is 1. The van der Waals surface area contributed by atoms with Crippen LogP contribution in [0.25, 0.3) is 0 Å². The van der Waals surface area contributed by atoms with Gasteiger partial charge < -0.3 is 15.2 Å². The number of methoxy groups -OCH3 is 1. The lowest BCUT2D eigenvalue weighted by Crippen LogP contribution is -2.52. The van der Waals surface area contributed by atoms with Crippen LogP contribution in [0.2, 0.25) is 5.02 Å². The zero-order valence-corrected chi connectivity index (χ0v) is 26.8. The summed E-state index contributed by atoms with van der Waals surface area (Å²) in [6, 6.07) is -1.70. The van der Waals surface area contributed by atoms with Gasteiger partial charge in [0.1, 0.15) is 12.1 Å². The van der Waals surface area contributed by atoms with Gasteiger partial charge in [0, 0.05) is 42.9 Å². The highest BCUT2D eigenvalue weighted by Gasteiger charge is 2.62. The number of fused-ring (bicyclic) bond motifs is 1. The smallest absolute Gasteiger partial charge is 0.338 e. The minimum Gasteiger partial charge on any atom is -0.481 e. The number of hydrogen-bond acceptors (Lipinski definition) is 10. The van der Waals surface area contributed by atoms with E-state index in [-0.39, 0.29) is 48.7 Å². The van der Waals surface area contributed by atoms with Gasteiger partial charge in [0.25, 0.3) is 5.92 Å². The third-order valence-corrected chi connectivity index (χ3v) is 9.63. The number of aliphatic carboxylic acids is 1. The van der Waals surface area contributed by atoms with Crippen molar-refractivity contribution in [1.82, 2.24) is 25.2 Å². The predicted molar refractivity (Wildman–Crippen MR) is 159 cm³/mol. The molecule has 4 heterocycles. The van der Waals surface area contributed by atoms with Crippen molar-refractivity contribution in [2.24, 2.45) is 10.4 Å². The summed E-state index contributed by atoms with van der Waals surface area (Å²) < 4.78 is 65.4. The Morgan fingerprint density at radius 2 is 1.98 bits per heavy atom. The molecule has 0 saturated carbocycles. The number of carbonyl (C=O) groups excluding carboxylic acids is 2. The molecule has 1 amide bonds. The van der Waals surface area contributed by atoms with Crippen LogP contribution in [-0.4, -0.2) is 100.0 Å². The molecule has 2 saturated heterocycles. The van der Waals surface area contributed by atoms with E-state index in [1.165, 1.54) is 59.3 Å². The van der Waals surface area contributed by atoms with Crippen LogP contribution < -0.4 is 5.32 Å². The number of hydrogen-bond donors (Lipinski definition) is 2. The van der Waals surface area contributed by atoms with Gasteiger partial charge in [-0.3, -0.25) is 24.5 Å². The summed E-state index contributed by atoms with van der Waals surface area (Å²) >= 11 is 7.40. The summed E-state index contributed by atoms with van der Waals surface area (Å²) in [4.78, 5) is 47.8. The van der Waals surface area contributed by atoms with Crippen LogP contribution in [0, 0.1) is 17.0 Å². The second kappa shape index (κ2) is 12.5. The van der Waals surface area contributed by atoms with E-state index < -0.39 is 70.5 Å². The molecular formula is C29H31ClF4N6O5S. The van der Waals surface area contributed by atoms with Crippen molar-refractivity contribution < 1.29 is 41.8 Å². The SMILES string of the molecule is COC(=O)C1=C(CN2CC(F)(F)C3C2CN(C(C)=O)N3CCC(C)(C)C(=O)O)NC(c2nccs2)=NC1c1ccc(F)c(F)c1Cl. The first-order valence-electron chi connectivity index (χ1n) is 14.2. The maximum atomic E-state index is 15.9. The van der Waals surface area contributed by atoms with Crippen LogP contribution in [-0.2, 0) is 19.1 Å². The molecule has 2 aromatic rings. The van der Waals surface area contributed by atoms with Crippen molar-refractivity contribution in [3.63, 3.8) is 0 Å². The van der Waals surface area contributed by atoms with Crippen LogP contribution in [0.1, 0.15) is 43.8 Å². The Bertz CT molecular complexity index is 1620. The number of amidine groups is 1. The van der Waals surface area contributed by atoms with Gasteiger partial charge in [0.15, 0.2) is 22.5 Å². The first-order chi connectivity index (χ1) is 21.6. The molecule has 2 fully saturated rings. The molecule has 1 aromatic heterocycles. The highest BCUT2D eigenvalue weighted by molar-refractivity contribution is 7.11. The third kappa shape index (κ3) is 6.10. The molecule has 3 atom stereocenters. The van der Waals surface area contributed by atoms with E-state index >= 15 is 8.78 Å². The molecule has 11 nitrogen and oxygen atoms in total. The number of nitrogens with one attached hydrogen (secondary N) is 1. The van der Waals surface area contributed by atoms with Gasteiger partial charge in [-0.15, -0.1) is 11.3 Å². The number of likely N-dealkylation sites (tertiary alicyclic amines) is 1. The standard InChI is InChI=1S/C29H31ClF4N6O5S/c1-14(41)40-12-18-23(39(40)9-7-28(2,3)27(43)44)29(33,34)13-38(18)11-17-19(26(42)45-4)22(15-5-6-16(31)21(32)20(15)30)37-24(36-17)25-35-8-10-46-25/h5-6,8,10,18,22-23H,7,9,11-13H2,1-4H3,(H,36,37)(H,43,44). The number of carbonyl (C=O) groups is 3. The minimum absolute atomic E-state index is 0.00504. The highest BCUT2D eigenvalue weighted by Crippen LogP contribution is 2.44. The first kappa shape index (κ1) is 33.8. The number of carboxylic acid groups (broad SMARTS) is 1. The van der Waals surface area contributed by atoms with Crippen LogP contribution in [0.4, 0.5) is 17.6 Å². The third-order valence-electron chi connectivity index (χ3n) is 8.47. The number of ether oxygens (including phenoxy) is 1. The van der Waals surface area contributed by atoms with Gasteiger partial charge in [-0.1, -0.05) is 17.7 Å². The molecule has 248 valence electrons. The molecule has 0 aliphatic carbocycles. The lowest BCUT2D eigenvalue weighted by Gasteiger charge is -2.35. The number of nitrogens with zero attached hydrogens (tertiary/aromatic N) is 5. The Hall–Kier alpha value is -3.60. The molecule has 5 rings (SSSR count). The van der Waals surface area contributed by atoms with Gasteiger partial charge >= 0.3 is 11.9 Å². The van der Waals surface area contributed by atoms with Crippen molar-refractivity contribution >= 4 is 46.6 Å². The van der Waals surface area contributed by atoms with E-state index in [1.54, 1.807) is 5.38 Å². The van der Waals surface area contributed by atoms with Crippen molar-refractivity contribution in [2.75, 3.05) is 33.3 Å². The van der Waals surface area contributed by atoms with Crippen molar-refractivity contribution in [3.8, 4) is 0 Å². The molecule has 1 aromatic carbocycles. The quantitative estimate of drug-likeness (QED) is 0.230. The van der Waals surface area contributed by atoms with Crippen molar-refractivity contribution in [2.45, 2.75) is 51.2 Å². The fourth-order valence-corrected chi connectivity index (χ4v) is 6.81. The second-order valence-corrected chi connectivity index (χ2v) is 13.1. The summed E-state index contributed by atoms with van der Waals surface area (Å²) in [5.74, 6) is -8.28. The average Bonchev–Trinajstić information content (AvgIpc) is 3.72. The molecule has 0 bridgehead atoms. The van der Waals surface area contributed by atoms with Gasteiger partial charge in [-0.05, 0) is 26.3 Å². The number of thiazole rings is 1. The van der Waals surface area contributed by atoms with Gasteiger partial charge in [-0.25, -0.2) is 32.3 Å². The van der Waals surface area contributed by atoms with Crippen molar-refractivity contribution in [3.05, 3.63) is 62.2 Å². The molecule has 3 unspecified atom stereocenters. The molecule has 0 spiro atoms. The van der Waals surface area contributed by atoms with Crippen LogP contribution >= 0.6 is 22.9 Å². The zero-order valence-electron chi connectivity index (χ0n) is 25.2. The van der Waals surface area contributed by atoms with Gasteiger partial charge in [0.05, 0.1) is 42.3 Å². The van der Waals surface area contributed by atoms with Crippen LogP contribution in [0.5, 0.6) is 0 Å². The maximum Gasteiger partial charge on any atom is 0.338 e. The number of alkyl halides is 2. The number of esters is 1. The van der Waals surface area contributed by atoms with Gasteiger partial charge in [0.2, 0.25) is 5.91 Å². The number of carboxylic acids is 1. The Labute approximate surface area is 270 Å². The Kier molecular flexibility index (Phi) is 9.20. The maximum absolute atomic E-state index is 15.9. The number of rotatable bonds is 9. The Balaban J connectivity index is 1.56. The van der Waals surface area contributed by atoms with E-state index in [0.717, 1.165) is 13.2 Å². The van der Waals surface area contributed by atoms with Gasteiger partial charge in [-0.2, -0.15) is 0 Å². The number of aromatic nitrogens is 1. The minimum atomic E-state index is -3.35. The lowest BCUT2D eigenvalue weighted by molar-refractivity contribution is -0.156. The molecule has 2 N–H and O–H groups in total. The summed E-state index contributed by atoms with van der Waals surface area (Å²) in [6.07, 6.45) is 1.50. The summed E-state index contributed by atoms with van der Waals surface area (Å²) in [5.41, 5.74) is -1.37. The Morgan fingerprint density at radius 3 is 2.59 bits per heavy atom. The fourth-order valence-electron chi connectivity index (χ4n) is 5.97. The van der Waals surface area contributed by atoms with Crippen LogP contribution in [0.3, 0.4) is 0 Å². The number of aliphatic imine (C=N–C) groups is 1. The van der Waals surface area contributed by atoms with E-state index in [1.807, 2.05) is 0 Å². The summed E-state index contributed by atoms with van der Waals surface area (Å²) in [6.45, 7) is 2.92. The van der Waals surface area contributed by atoms with E-state index in [0.29, 0.717) is 5.01 Å². The number of benzene rings is 1. The predicted octanol–water partition coefficient (Wildman–Crippen LogP) is 3.86. The summed E-state index contributed by atoms with van der Waals surface area (Å²) in [5, 5.41) is 16.4. The zero-order chi connectivity index (χ0) is 33.7. The van der Waals surface area contributed by atoms with Crippen molar-refractivity contribution in [1.29, 1.82) is 0 Å². The average molecular weight is 687 g/mol. The van der Waals surface area contributed by atoms with E-state index in [9.17, 15) is 28.3 Å². The molecule has 46 heavy (non-hydrogen) atoms. The molecule has 3 aliphatic rings. The molecule has 0 radical (unpaired) electrons. The number of halogens is 5. The number of amides is 1. The molecule has 17 heteroatoms. The second-order valence-electron chi connectivity index (χ2n) is 11.9. The van der Waals surface area contributed by atoms with E-state index in [2.05, 4.69) is 15.3 Å². The lowest BCUT2D eigenvalue weighted by atomic mass is 9.89. The Morgan fingerprint density at radius 1 is 1.26 bits per heavy atom. The largest absolute Gasteiger partial charge is 0.481 e.